The number of hydrogen-bond donors (Lipinski definition) is 1. The number of halogens is 1. The first kappa shape index (κ1) is 14.4. The van der Waals surface area contributed by atoms with E-state index in [4.69, 9.17) is 5.73 Å². The van der Waals surface area contributed by atoms with Crippen molar-refractivity contribution in [1.82, 2.24) is 0 Å². The number of carbonyl (C=O) groups is 1. The highest BCUT2D eigenvalue weighted by Gasteiger charge is 2.09. The third-order valence-corrected chi connectivity index (χ3v) is 3.37. The average molecular weight is 271 g/mol. The van der Waals surface area contributed by atoms with Gasteiger partial charge in [0.15, 0.2) is 5.78 Å². The molecule has 104 valence electrons. The lowest BCUT2D eigenvalue weighted by molar-refractivity contribution is 0.0992. The molecule has 0 aliphatic heterocycles. The van der Waals surface area contributed by atoms with Crippen molar-refractivity contribution in [3.8, 4) is 0 Å². The minimum absolute atomic E-state index is 0.00185. The van der Waals surface area contributed by atoms with Crippen molar-refractivity contribution in [3.63, 3.8) is 0 Å². The number of hydrogen-bond acceptors (Lipinski definition) is 2. The van der Waals surface area contributed by atoms with Gasteiger partial charge in [-0.1, -0.05) is 30.3 Å². The van der Waals surface area contributed by atoms with Crippen molar-refractivity contribution in [1.29, 1.82) is 0 Å². The van der Waals surface area contributed by atoms with Crippen LogP contribution in [0, 0.1) is 12.7 Å². The summed E-state index contributed by atoms with van der Waals surface area (Å²) in [5.74, 6) is -0.310. The molecule has 0 aliphatic carbocycles. The molecule has 0 aliphatic rings. The van der Waals surface area contributed by atoms with Crippen LogP contribution >= 0.6 is 0 Å². The summed E-state index contributed by atoms with van der Waals surface area (Å²) in [6.45, 7) is 2.47. The van der Waals surface area contributed by atoms with E-state index in [1.54, 1.807) is 6.07 Å². The molecule has 0 bridgehead atoms. The van der Waals surface area contributed by atoms with Gasteiger partial charge >= 0.3 is 0 Å². The standard InChI is InChI=1S/C17H18FNO/c1-12-2-7-16(18)10-15(12)11-17(20)14-5-3-13(4-6-14)8-9-19/h2-7,10H,8-9,11,19H2,1H3. The lowest BCUT2D eigenvalue weighted by Gasteiger charge is -2.06. The van der Waals surface area contributed by atoms with Gasteiger partial charge in [-0.3, -0.25) is 4.79 Å². The third kappa shape index (κ3) is 3.52. The normalized spacial score (nSPS) is 10.6. The van der Waals surface area contributed by atoms with Crippen molar-refractivity contribution in [2.45, 2.75) is 19.8 Å². The Kier molecular flexibility index (Phi) is 4.64. The molecule has 3 heteroatoms. The summed E-state index contributed by atoms with van der Waals surface area (Å²) in [4.78, 5) is 12.2. The molecule has 0 saturated carbocycles. The summed E-state index contributed by atoms with van der Waals surface area (Å²) in [6, 6.07) is 12.0. The van der Waals surface area contributed by atoms with Crippen molar-refractivity contribution in [2.24, 2.45) is 5.73 Å². The van der Waals surface area contributed by atoms with E-state index in [2.05, 4.69) is 0 Å². The van der Waals surface area contributed by atoms with Crippen LogP contribution in [0.25, 0.3) is 0 Å². The first-order valence-electron chi connectivity index (χ1n) is 6.67. The Morgan fingerprint density at radius 2 is 1.85 bits per heavy atom. The van der Waals surface area contributed by atoms with E-state index >= 15 is 0 Å². The van der Waals surface area contributed by atoms with E-state index in [1.165, 1.54) is 12.1 Å². The minimum atomic E-state index is -0.309. The number of carbonyl (C=O) groups excluding carboxylic acids is 1. The van der Waals surface area contributed by atoms with Crippen LogP contribution in [-0.4, -0.2) is 12.3 Å². The zero-order valence-electron chi connectivity index (χ0n) is 11.5. The van der Waals surface area contributed by atoms with E-state index in [9.17, 15) is 9.18 Å². The fraction of sp³-hybridized carbons (Fsp3) is 0.235. The lowest BCUT2D eigenvalue weighted by Crippen LogP contribution is -2.06. The maximum absolute atomic E-state index is 13.2. The molecule has 20 heavy (non-hydrogen) atoms. The quantitative estimate of drug-likeness (QED) is 0.849. The van der Waals surface area contributed by atoms with Gasteiger partial charge in [-0.15, -0.1) is 0 Å². The predicted octanol–water partition coefficient (Wildman–Crippen LogP) is 3.06. The molecule has 2 aromatic rings. The number of ketones is 1. The smallest absolute Gasteiger partial charge is 0.167 e. The highest BCUT2D eigenvalue weighted by molar-refractivity contribution is 5.97. The van der Waals surface area contributed by atoms with Gasteiger partial charge < -0.3 is 5.73 Å². The molecule has 0 aromatic heterocycles. The predicted molar refractivity (Wildman–Crippen MR) is 78.4 cm³/mol. The SMILES string of the molecule is Cc1ccc(F)cc1CC(=O)c1ccc(CCN)cc1. The molecule has 0 saturated heterocycles. The van der Waals surface area contributed by atoms with Gasteiger partial charge in [0.25, 0.3) is 0 Å². The zero-order chi connectivity index (χ0) is 14.5. The molecule has 0 heterocycles. The molecule has 2 nitrogen and oxygen atoms in total. The lowest BCUT2D eigenvalue weighted by atomic mass is 9.98. The van der Waals surface area contributed by atoms with E-state index in [1.807, 2.05) is 31.2 Å². The molecule has 0 fully saturated rings. The monoisotopic (exact) mass is 271 g/mol. The van der Waals surface area contributed by atoms with Crippen molar-refractivity contribution in [3.05, 3.63) is 70.5 Å². The highest BCUT2D eigenvalue weighted by Crippen LogP contribution is 2.14. The second kappa shape index (κ2) is 6.44. The maximum Gasteiger partial charge on any atom is 0.167 e. The number of nitrogens with two attached hydrogens (primary N) is 1. The summed E-state index contributed by atoms with van der Waals surface area (Å²) < 4.78 is 13.2. The Balaban J connectivity index is 2.13. The highest BCUT2D eigenvalue weighted by atomic mass is 19.1. The summed E-state index contributed by atoms with van der Waals surface area (Å²) in [6.07, 6.45) is 1.03. The summed E-state index contributed by atoms with van der Waals surface area (Å²) >= 11 is 0. The van der Waals surface area contributed by atoms with Crippen LogP contribution in [0.1, 0.15) is 27.0 Å². The van der Waals surface area contributed by atoms with Crippen LogP contribution in [0.5, 0.6) is 0 Å². The molecule has 0 amide bonds. The van der Waals surface area contributed by atoms with Gasteiger partial charge in [0.05, 0.1) is 0 Å². The Morgan fingerprint density at radius 3 is 2.50 bits per heavy atom. The first-order chi connectivity index (χ1) is 9.60. The molecule has 0 radical (unpaired) electrons. The van der Waals surface area contributed by atoms with Gasteiger partial charge in [0.1, 0.15) is 5.82 Å². The number of Topliss-reactive ketones (excluding diaryl/α,β-unsaturated/α-hetero) is 1. The van der Waals surface area contributed by atoms with Crippen LogP contribution in [0.4, 0.5) is 4.39 Å². The summed E-state index contributed by atoms with van der Waals surface area (Å²) in [7, 11) is 0. The molecular formula is C17H18FNO. The van der Waals surface area contributed by atoms with Crippen LogP contribution in [-0.2, 0) is 12.8 Å². The minimum Gasteiger partial charge on any atom is -0.330 e. The first-order valence-corrected chi connectivity index (χ1v) is 6.67. The topological polar surface area (TPSA) is 43.1 Å². The Bertz CT molecular complexity index is 605. The molecule has 2 aromatic carbocycles. The second-order valence-electron chi connectivity index (χ2n) is 4.91. The molecule has 2 N–H and O–H groups in total. The van der Waals surface area contributed by atoms with E-state index < -0.39 is 0 Å². The second-order valence-corrected chi connectivity index (χ2v) is 4.91. The van der Waals surface area contributed by atoms with Gasteiger partial charge in [-0.25, -0.2) is 4.39 Å². The van der Waals surface area contributed by atoms with Crippen LogP contribution in [0.15, 0.2) is 42.5 Å². The Labute approximate surface area is 118 Å². The Morgan fingerprint density at radius 1 is 1.15 bits per heavy atom. The molecule has 0 atom stereocenters. The molecule has 0 unspecified atom stereocenters. The largest absolute Gasteiger partial charge is 0.330 e. The number of aryl methyl sites for hydroxylation is 1. The van der Waals surface area contributed by atoms with Crippen molar-refractivity contribution >= 4 is 5.78 Å². The molecule has 0 spiro atoms. The van der Waals surface area contributed by atoms with Gasteiger partial charge in [0, 0.05) is 12.0 Å². The van der Waals surface area contributed by atoms with Gasteiger partial charge in [-0.05, 0) is 48.7 Å². The van der Waals surface area contributed by atoms with Crippen LogP contribution < -0.4 is 5.73 Å². The van der Waals surface area contributed by atoms with Gasteiger partial charge in [0.2, 0.25) is 0 Å². The van der Waals surface area contributed by atoms with Crippen LogP contribution in [0.3, 0.4) is 0 Å². The molecule has 2 rings (SSSR count). The average Bonchev–Trinajstić information content (AvgIpc) is 2.44. The maximum atomic E-state index is 13.2. The zero-order valence-corrected chi connectivity index (χ0v) is 11.5. The summed E-state index contributed by atoms with van der Waals surface area (Å²) in [5, 5.41) is 0. The third-order valence-electron chi connectivity index (χ3n) is 3.37. The summed E-state index contributed by atoms with van der Waals surface area (Å²) in [5.41, 5.74) is 8.92. The fourth-order valence-corrected chi connectivity index (χ4v) is 2.13. The fourth-order valence-electron chi connectivity index (χ4n) is 2.13. The van der Waals surface area contributed by atoms with Crippen molar-refractivity contribution < 1.29 is 9.18 Å². The van der Waals surface area contributed by atoms with E-state index in [0.717, 1.165) is 23.1 Å². The van der Waals surface area contributed by atoms with E-state index in [0.29, 0.717) is 12.1 Å². The van der Waals surface area contributed by atoms with E-state index in [-0.39, 0.29) is 18.0 Å². The number of benzene rings is 2. The number of rotatable bonds is 5. The van der Waals surface area contributed by atoms with Crippen molar-refractivity contribution in [2.75, 3.05) is 6.54 Å². The Hall–Kier alpha value is -2.00. The van der Waals surface area contributed by atoms with Gasteiger partial charge in [-0.2, -0.15) is 0 Å². The van der Waals surface area contributed by atoms with Crippen LogP contribution in [0.2, 0.25) is 0 Å². The molecular weight excluding hydrogens is 253 g/mol.